The second-order valence-corrected chi connectivity index (χ2v) is 4.81. The van der Waals surface area contributed by atoms with Gasteiger partial charge in [0.05, 0.1) is 6.10 Å². The first-order chi connectivity index (χ1) is 9.31. The van der Waals surface area contributed by atoms with Gasteiger partial charge in [0.1, 0.15) is 0 Å². The van der Waals surface area contributed by atoms with Gasteiger partial charge in [-0.15, -0.1) is 0 Å². The van der Waals surface area contributed by atoms with E-state index in [0.29, 0.717) is 5.02 Å². The van der Waals surface area contributed by atoms with Crippen LogP contribution >= 0.6 is 11.6 Å². The number of aliphatic carboxylic acids is 1. The van der Waals surface area contributed by atoms with Gasteiger partial charge in [-0.2, -0.15) is 0 Å². The van der Waals surface area contributed by atoms with Gasteiger partial charge in [-0.3, -0.25) is 4.79 Å². The van der Waals surface area contributed by atoms with E-state index in [2.05, 4.69) is 5.32 Å². The highest BCUT2D eigenvalue weighted by Crippen LogP contribution is 2.17. The van der Waals surface area contributed by atoms with Gasteiger partial charge in [0.2, 0.25) is 5.91 Å². The average molecular weight is 298 g/mol. The van der Waals surface area contributed by atoms with E-state index in [1.165, 1.54) is 19.1 Å². The molecule has 1 rings (SSSR count). The number of benzene rings is 1. The molecule has 0 saturated carbocycles. The number of aliphatic hydroxyl groups excluding tert-OH is 1. The van der Waals surface area contributed by atoms with Gasteiger partial charge in [0.15, 0.2) is 6.04 Å². The van der Waals surface area contributed by atoms with E-state index in [9.17, 15) is 14.7 Å². The molecule has 2 atom stereocenters. The fourth-order valence-corrected chi connectivity index (χ4v) is 1.66. The number of carboxylic acids is 1. The van der Waals surface area contributed by atoms with E-state index >= 15 is 0 Å². The van der Waals surface area contributed by atoms with Crippen LogP contribution in [0.1, 0.15) is 18.1 Å². The first kappa shape index (κ1) is 16.2. The lowest BCUT2D eigenvalue weighted by atomic mass is 10.1. The van der Waals surface area contributed by atoms with Crippen molar-refractivity contribution >= 4 is 29.6 Å². The van der Waals surface area contributed by atoms with Crippen LogP contribution in [0.15, 0.2) is 24.3 Å². The molecule has 3 N–H and O–H groups in total. The fraction of sp³-hybridized carbons (Fsp3) is 0.286. The minimum Gasteiger partial charge on any atom is -0.480 e. The van der Waals surface area contributed by atoms with Crippen molar-refractivity contribution in [1.29, 1.82) is 0 Å². The Hall–Kier alpha value is -1.85. The number of carbonyl (C=O) groups excluding carboxylic acids is 1. The standard InChI is InChI=1S/C14H16ClNO4/c1-8-3-4-10(7-11(8)15)5-6-12(18)16-13(9(2)17)14(19)20/h3-7,9,13,17H,1-2H3,(H,16,18)(H,19,20)/b6-5+. The van der Waals surface area contributed by atoms with Crippen LogP contribution in [0.25, 0.3) is 6.08 Å². The molecule has 5 nitrogen and oxygen atoms in total. The van der Waals surface area contributed by atoms with Gasteiger partial charge in [-0.25, -0.2) is 4.79 Å². The number of halogens is 1. The van der Waals surface area contributed by atoms with Crippen molar-refractivity contribution in [3.05, 3.63) is 40.4 Å². The van der Waals surface area contributed by atoms with Gasteiger partial charge < -0.3 is 15.5 Å². The molecular weight excluding hydrogens is 282 g/mol. The molecule has 6 heteroatoms. The zero-order valence-corrected chi connectivity index (χ0v) is 11.9. The summed E-state index contributed by atoms with van der Waals surface area (Å²) < 4.78 is 0. The second-order valence-electron chi connectivity index (χ2n) is 4.41. The van der Waals surface area contributed by atoms with E-state index < -0.39 is 24.0 Å². The van der Waals surface area contributed by atoms with Crippen molar-refractivity contribution in [3.8, 4) is 0 Å². The number of carbonyl (C=O) groups is 2. The van der Waals surface area contributed by atoms with E-state index in [0.717, 1.165) is 11.1 Å². The van der Waals surface area contributed by atoms with Crippen molar-refractivity contribution in [3.63, 3.8) is 0 Å². The van der Waals surface area contributed by atoms with Crippen molar-refractivity contribution in [2.45, 2.75) is 26.0 Å². The molecular formula is C14H16ClNO4. The summed E-state index contributed by atoms with van der Waals surface area (Å²) in [6.07, 6.45) is 1.53. The van der Waals surface area contributed by atoms with Crippen molar-refractivity contribution in [2.24, 2.45) is 0 Å². The summed E-state index contributed by atoms with van der Waals surface area (Å²) in [6.45, 7) is 3.16. The maximum Gasteiger partial charge on any atom is 0.328 e. The normalized spacial score (nSPS) is 14.0. The lowest BCUT2D eigenvalue weighted by Gasteiger charge is -2.15. The minimum absolute atomic E-state index is 0.583. The Bertz CT molecular complexity index is 540. The molecule has 0 aromatic heterocycles. The predicted molar refractivity (Wildman–Crippen MR) is 76.5 cm³/mol. The van der Waals surface area contributed by atoms with Crippen molar-refractivity contribution in [2.75, 3.05) is 0 Å². The highest BCUT2D eigenvalue weighted by Gasteiger charge is 2.23. The van der Waals surface area contributed by atoms with Gasteiger partial charge in [0.25, 0.3) is 0 Å². The third-order valence-corrected chi connectivity index (χ3v) is 3.08. The molecule has 0 heterocycles. The summed E-state index contributed by atoms with van der Waals surface area (Å²) in [5, 5.41) is 20.9. The monoisotopic (exact) mass is 297 g/mol. The van der Waals surface area contributed by atoms with Crippen LogP contribution < -0.4 is 5.32 Å². The quantitative estimate of drug-likeness (QED) is 0.721. The Balaban J connectivity index is 2.72. The largest absolute Gasteiger partial charge is 0.480 e. The van der Waals surface area contributed by atoms with Crippen LogP contribution in [0.5, 0.6) is 0 Å². The summed E-state index contributed by atoms with van der Waals surface area (Å²) in [4.78, 5) is 22.4. The molecule has 0 saturated heterocycles. The number of aryl methyl sites for hydroxylation is 1. The zero-order valence-electron chi connectivity index (χ0n) is 11.1. The lowest BCUT2D eigenvalue weighted by Crippen LogP contribution is -2.47. The number of nitrogens with one attached hydrogen (secondary N) is 1. The summed E-state index contributed by atoms with van der Waals surface area (Å²) in [6, 6.07) is 3.96. The maximum atomic E-state index is 11.6. The molecule has 0 aliphatic carbocycles. The smallest absolute Gasteiger partial charge is 0.328 e. The number of aliphatic hydroxyl groups is 1. The van der Waals surface area contributed by atoms with Gasteiger partial charge in [0, 0.05) is 11.1 Å². The van der Waals surface area contributed by atoms with E-state index in [1.807, 2.05) is 13.0 Å². The molecule has 1 aromatic rings. The Morgan fingerprint density at radius 3 is 2.55 bits per heavy atom. The van der Waals surface area contributed by atoms with Gasteiger partial charge in [-0.1, -0.05) is 23.7 Å². The van der Waals surface area contributed by atoms with Crippen LogP contribution in [-0.2, 0) is 9.59 Å². The minimum atomic E-state index is -1.34. The molecule has 0 fully saturated rings. The Morgan fingerprint density at radius 2 is 2.05 bits per heavy atom. The summed E-state index contributed by atoms with van der Waals surface area (Å²) in [5.74, 6) is -1.89. The fourth-order valence-electron chi connectivity index (χ4n) is 1.47. The third kappa shape index (κ3) is 4.68. The summed E-state index contributed by atoms with van der Waals surface area (Å²) in [5.41, 5.74) is 1.65. The number of hydrogen-bond acceptors (Lipinski definition) is 3. The van der Waals surface area contributed by atoms with Crippen LogP contribution in [0.3, 0.4) is 0 Å². The molecule has 108 valence electrons. The third-order valence-electron chi connectivity index (χ3n) is 2.67. The average Bonchev–Trinajstić information content (AvgIpc) is 2.36. The molecule has 0 spiro atoms. The lowest BCUT2D eigenvalue weighted by molar-refractivity contribution is -0.144. The maximum absolute atomic E-state index is 11.6. The second kappa shape index (κ2) is 7.07. The molecule has 1 amide bonds. The van der Waals surface area contributed by atoms with E-state index in [4.69, 9.17) is 16.7 Å². The summed E-state index contributed by atoms with van der Waals surface area (Å²) in [7, 11) is 0. The van der Waals surface area contributed by atoms with Gasteiger partial charge >= 0.3 is 5.97 Å². The van der Waals surface area contributed by atoms with Crippen LogP contribution in [0.2, 0.25) is 5.02 Å². The predicted octanol–water partition coefficient (Wildman–Crippen LogP) is 1.61. The first-order valence-electron chi connectivity index (χ1n) is 5.97. The SMILES string of the molecule is Cc1ccc(/C=C/C(=O)NC(C(=O)O)C(C)O)cc1Cl. The zero-order chi connectivity index (χ0) is 15.3. The molecule has 0 aliphatic rings. The molecule has 0 aliphatic heterocycles. The Labute approximate surface area is 121 Å². The highest BCUT2D eigenvalue weighted by molar-refractivity contribution is 6.31. The summed E-state index contributed by atoms with van der Waals surface area (Å²) >= 11 is 5.95. The molecule has 20 heavy (non-hydrogen) atoms. The van der Waals surface area contributed by atoms with Crippen molar-refractivity contribution < 1.29 is 19.8 Å². The van der Waals surface area contributed by atoms with Crippen molar-refractivity contribution in [1.82, 2.24) is 5.32 Å². The number of carboxylic acid groups (broad SMARTS) is 1. The number of rotatable bonds is 5. The number of hydrogen-bond donors (Lipinski definition) is 3. The van der Waals surface area contributed by atoms with Crippen LogP contribution in [0, 0.1) is 6.92 Å². The number of amides is 1. The van der Waals surface area contributed by atoms with Crippen LogP contribution in [0.4, 0.5) is 0 Å². The van der Waals surface area contributed by atoms with E-state index in [-0.39, 0.29) is 0 Å². The molecule has 0 radical (unpaired) electrons. The van der Waals surface area contributed by atoms with Crippen LogP contribution in [-0.4, -0.2) is 34.2 Å². The Kier molecular flexibility index (Phi) is 5.73. The highest BCUT2D eigenvalue weighted by atomic mass is 35.5. The molecule has 0 bridgehead atoms. The topological polar surface area (TPSA) is 86.6 Å². The van der Waals surface area contributed by atoms with E-state index in [1.54, 1.807) is 12.1 Å². The molecule has 2 unspecified atom stereocenters. The van der Waals surface area contributed by atoms with Gasteiger partial charge in [-0.05, 0) is 37.1 Å². The first-order valence-corrected chi connectivity index (χ1v) is 6.34. The Morgan fingerprint density at radius 1 is 1.40 bits per heavy atom. The molecule has 1 aromatic carbocycles.